The molecule has 0 saturated heterocycles. The van der Waals surface area contributed by atoms with Gasteiger partial charge in [-0.1, -0.05) is 81.4 Å². The van der Waals surface area contributed by atoms with Gasteiger partial charge in [-0.15, -0.1) is 0 Å². The molecule has 0 fully saturated rings. The Morgan fingerprint density at radius 3 is 1.85 bits per heavy atom. The summed E-state index contributed by atoms with van der Waals surface area (Å²) >= 11 is 0. The molecular formula is C26H32O6Si. The van der Waals surface area contributed by atoms with Gasteiger partial charge in [-0.05, 0) is 21.5 Å². The molecule has 0 unspecified atom stereocenters. The van der Waals surface area contributed by atoms with Crippen LogP contribution in [-0.4, -0.2) is 45.2 Å². The quantitative estimate of drug-likeness (QED) is 0.459. The van der Waals surface area contributed by atoms with Gasteiger partial charge < -0.3 is 18.6 Å². The highest BCUT2D eigenvalue weighted by molar-refractivity contribution is 6.99. The molecule has 7 heteroatoms. The van der Waals surface area contributed by atoms with Crippen molar-refractivity contribution in [3.63, 3.8) is 0 Å². The molecule has 2 aromatic carbocycles. The van der Waals surface area contributed by atoms with Crippen LogP contribution in [-0.2, 0) is 28.2 Å². The van der Waals surface area contributed by atoms with E-state index in [4.69, 9.17) is 18.6 Å². The highest BCUT2D eigenvalue weighted by Crippen LogP contribution is 2.37. The fourth-order valence-electron chi connectivity index (χ4n) is 4.36. The first-order valence-electron chi connectivity index (χ1n) is 11.1. The lowest BCUT2D eigenvalue weighted by Crippen LogP contribution is -2.67. The minimum absolute atomic E-state index is 0.160. The van der Waals surface area contributed by atoms with Gasteiger partial charge in [0.25, 0.3) is 8.32 Å². The fourth-order valence-corrected chi connectivity index (χ4v) is 8.93. The second-order valence-electron chi connectivity index (χ2n) is 9.13. The lowest BCUT2D eigenvalue weighted by Gasteiger charge is -2.44. The third-order valence-corrected chi connectivity index (χ3v) is 10.7. The van der Waals surface area contributed by atoms with E-state index in [1.165, 1.54) is 20.1 Å². The Balaban J connectivity index is 2.00. The van der Waals surface area contributed by atoms with E-state index in [1.807, 2.05) is 36.4 Å². The summed E-state index contributed by atoms with van der Waals surface area (Å²) in [7, 11) is -2.81. The second kappa shape index (κ2) is 10.4. The molecule has 2 aromatic rings. The molecule has 1 aliphatic rings. The van der Waals surface area contributed by atoms with Gasteiger partial charge in [0.1, 0.15) is 0 Å². The zero-order chi connectivity index (χ0) is 24.1. The van der Waals surface area contributed by atoms with Crippen molar-refractivity contribution in [1.82, 2.24) is 0 Å². The summed E-state index contributed by atoms with van der Waals surface area (Å²) in [6.45, 7) is 9.36. The SMILES string of the molecule is CC(=O)O[C@@H]1[C@H](OC(C)=O)C=CO[C@@H]1CO[Si](c1ccccc1)(c1ccccc1)C(C)(C)C. The Hall–Kier alpha value is -2.90. The van der Waals surface area contributed by atoms with E-state index < -0.39 is 38.6 Å². The molecule has 0 bridgehead atoms. The van der Waals surface area contributed by atoms with Crippen molar-refractivity contribution in [1.29, 1.82) is 0 Å². The molecule has 0 amide bonds. The Morgan fingerprint density at radius 2 is 1.39 bits per heavy atom. The zero-order valence-electron chi connectivity index (χ0n) is 19.8. The van der Waals surface area contributed by atoms with Gasteiger partial charge in [-0.3, -0.25) is 9.59 Å². The van der Waals surface area contributed by atoms with E-state index in [-0.39, 0.29) is 11.6 Å². The molecule has 0 saturated carbocycles. The first-order valence-corrected chi connectivity index (χ1v) is 13.0. The van der Waals surface area contributed by atoms with Gasteiger partial charge >= 0.3 is 11.9 Å². The number of ether oxygens (including phenoxy) is 3. The number of hydrogen-bond acceptors (Lipinski definition) is 6. The predicted octanol–water partition coefficient (Wildman–Crippen LogP) is 3.34. The van der Waals surface area contributed by atoms with Crippen molar-refractivity contribution in [2.24, 2.45) is 0 Å². The van der Waals surface area contributed by atoms with Crippen LogP contribution in [0.5, 0.6) is 0 Å². The third-order valence-electron chi connectivity index (χ3n) is 5.70. The number of carbonyl (C=O) groups is 2. The summed E-state index contributed by atoms with van der Waals surface area (Å²) < 4.78 is 23.6. The topological polar surface area (TPSA) is 71.1 Å². The van der Waals surface area contributed by atoms with Crippen LogP contribution in [0.1, 0.15) is 34.6 Å². The van der Waals surface area contributed by atoms with Crippen molar-refractivity contribution in [2.45, 2.75) is 58.0 Å². The van der Waals surface area contributed by atoms with Crippen LogP contribution in [0.2, 0.25) is 5.04 Å². The van der Waals surface area contributed by atoms with Crippen molar-refractivity contribution >= 4 is 30.6 Å². The normalized spacial score (nSPS) is 20.6. The Labute approximate surface area is 196 Å². The van der Waals surface area contributed by atoms with Crippen LogP contribution in [0.4, 0.5) is 0 Å². The Morgan fingerprint density at radius 1 is 0.879 bits per heavy atom. The Kier molecular flexibility index (Phi) is 7.76. The van der Waals surface area contributed by atoms with Gasteiger partial charge in [0.05, 0.1) is 12.9 Å². The van der Waals surface area contributed by atoms with Gasteiger partial charge in [0.2, 0.25) is 0 Å². The van der Waals surface area contributed by atoms with E-state index in [0.717, 1.165) is 10.4 Å². The molecule has 1 heterocycles. The molecule has 0 spiro atoms. The molecule has 0 aliphatic carbocycles. The van der Waals surface area contributed by atoms with E-state index in [2.05, 4.69) is 45.0 Å². The maximum atomic E-state index is 11.8. The summed E-state index contributed by atoms with van der Waals surface area (Å²) in [6, 6.07) is 20.5. The Bertz CT molecular complexity index is 928. The number of esters is 2. The highest BCUT2D eigenvalue weighted by atomic mass is 28.4. The average Bonchev–Trinajstić information content (AvgIpc) is 2.76. The van der Waals surface area contributed by atoms with Crippen LogP contribution in [0.15, 0.2) is 73.0 Å². The van der Waals surface area contributed by atoms with Crippen molar-refractivity contribution < 1.29 is 28.2 Å². The number of hydrogen-bond donors (Lipinski definition) is 0. The molecule has 0 N–H and O–H groups in total. The van der Waals surface area contributed by atoms with Crippen LogP contribution in [0.25, 0.3) is 0 Å². The van der Waals surface area contributed by atoms with Gasteiger partial charge in [0, 0.05) is 13.8 Å². The monoisotopic (exact) mass is 468 g/mol. The molecule has 3 atom stereocenters. The molecule has 6 nitrogen and oxygen atoms in total. The van der Waals surface area contributed by atoms with Gasteiger partial charge in [-0.2, -0.15) is 0 Å². The molecule has 0 radical (unpaired) electrons. The summed E-state index contributed by atoms with van der Waals surface area (Å²) in [5.41, 5.74) is 0. The predicted molar refractivity (Wildman–Crippen MR) is 129 cm³/mol. The van der Waals surface area contributed by atoms with E-state index in [9.17, 15) is 9.59 Å². The number of rotatable bonds is 7. The third kappa shape index (κ3) is 5.54. The first kappa shape index (κ1) is 24.7. The maximum Gasteiger partial charge on any atom is 0.303 e. The molecule has 33 heavy (non-hydrogen) atoms. The fraction of sp³-hybridized carbons (Fsp3) is 0.385. The summed E-state index contributed by atoms with van der Waals surface area (Å²) in [5.74, 6) is -0.943. The lowest BCUT2D eigenvalue weighted by molar-refractivity contribution is -0.175. The van der Waals surface area contributed by atoms with E-state index >= 15 is 0 Å². The van der Waals surface area contributed by atoms with Crippen LogP contribution >= 0.6 is 0 Å². The smallest absolute Gasteiger partial charge is 0.303 e. The first-order chi connectivity index (χ1) is 15.6. The summed E-state index contributed by atoms with van der Waals surface area (Å²) in [5, 5.41) is 2.05. The van der Waals surface area contributed by atoms with Crippen molar-refractivity contribution in [2.75, 3.05) is 6.61 Å². The summed E-state index contributed by atoms with van der Waals surface area (Å²) in [6.07, 6.45) is 0.869. The second-order valence-corrected chi connectivity index (χ2v) is 13.4. The maximum absolute atomic E-state index is 11.8. The molecule has 3 rings (SSSR count). The standard InChI is InChI=1S/C26H32O6Si/c1-19(27)31-23-16-17-29-24(25(23)32-20(2)28)18-30-33(26(3,4)5,21-12-8-6-9-13-21)22-14-10-7-11-15-22/h6-17,23-25H,18H2,1-5H3/t23-,24-,25-/m1/s1. The van der Waals surface area contributed by atoms with Crippen LogP contribution < -0.4 is 10.4 Å². The minimum atomic E-state index is -2.81. The minimum Gasteiger partial charge on any atom is -0.492 e. The van der Waals surface area contributed by atoms with Crippen LogP contribution in [0, 0.1) is 0 Å². The zero-order valence-corrected chi connectivity index (χ0v) is 20.8. The average molecular weight is 469 g/mol. The largest absolute Gasteiger partial charge is 0.492 e. The molecule has 1 aliphatic heterocycles. The molecular weight excluding hydrogens is 436 g/mol. The van der Waals surface area contributed by atoms with Crippen molar-refractivity contribution in [3.05, 3.63) is 73.0 Å². The lowest BCUT2D eigenvalue weighted by atomic mass is 10.1. The van der Waals surface area contributed by atoms with Crippen LogP contribution in [0.3, 0.4) is 0 Å². The highest BCUT2D eigenvalue weighted by Gasteiger charge is 2.51. The van der Waals surface area contributed by atoms with Crippen molar-refractivity contribution in [3.8, 4) is 0 Å². The number of benzene rings is 2. The molecule has 176 valence electrons. The van der Waals surface area contributed by atoms with E-state index in [1.54, 1.807) is 6.08 Å². The van der Waals surface area contributed by atoms with Gasteiger partial charge in [0.15, 0.2) is 18.3 Å². The number of carbonyl (C=O) groups excluding carboxylic acids is 2. The van der Waals surface area contributed by atoms with Gasteiger partial charge in [-0.25, -0.2) is 0 Å². The molecule has 0 aromatic heterocycles. The summed E-state index contributed by atoms with van der Waals surface area (Å²) in [4.78, 5) is 23.4. The van der Waals surface area contributed by atoms with E-state index in [0.29, 0.717) is 0 Å².